The highest BCUT2D eigenvalue weighted by Crippen LogP contribution is 2.12. The van der Waals surface area contributed by atoms with Gasteiger partial charge in [0.25, 0.3) is 0 Å². The number of carbonyl (C=O) groups is 2. The lowest BCUT2D eigenvalue weighted by Crippen LogP contribution is -2.00. The highest BCUT2D eigenvalue weighted by atomic mass is 16.1. The Morgan fingerprint density at radius 3 is 2.29 bits per heavy atom. The summed E-state index contributed by atoms with van der Waals surface area (Å²) in [5.74, 6) is 0.205. The van der Waals surface area contributed by atoms with Gasteiger partial charge >= 0.3 is 0 Å². The van der Waals surface area contributed by atoms with Gasteiger partial charge in [-0.25, -0.2) is 0 Å². The van der Waals surface area contributed by atoms with Crippen LogP contribution in [0.25, 0.3) is 0 Å². The van der Waals surface area contributed by atoms with Crippen molar-refractivity contribution in [3.63, 3.8) is 0 Å². The number of carbonyl (C=O) groups excluding carboxylic acids is 2. The number of benzene rings is 1. The van der Waals surface area contributed by atoms with Crippen LogP contribution in [0.2, 0.25) is 0 Å². The van der Waals surface area contributed by atoms with Crippen LogP contribution in [0.4, 0.5) is 0 Å². The Bertz CT molecular complexity index is 378. The summed E-state index contributed by atoms with van der Waals surface area (Å²) in [4.78, 5) is 22.0. The number of hydrogen-bond donors (Lipinski definition) is 0. The second-order valence-electron chi connectivity index (χ2n) is 3.58. The van der Waals surface area contributed by atoms with Crippen molar-refractivity contribution in [2.45, 2.75) is 27.2 Å². The fourth-order valence-electron chi connectivity index (χ4n) is 1.52. The summed E-state index contributed by atoms with van der Waals surface area (Å²) < 4.78 is 0. The maximum atomic E-state index is 11.1. The molecule has 14 heavy (non-hydrogen) atoms. The van der Waals surface area contributed by atoms with Gasteiger partial charge in [0, 0.05) is 12.0 Å². The Kier molecular flexibility index (Phi) is 3.18. The van der Waals surface area contributed by atoms with Gasteiger partial charge in [-0.05, 0) is 31.9 Å². The molecule has 0 atom stereocenters. The van der Waals surface area contributed by atoms with Crippen LogP contribution in [0.5, 0.6) is 0 Å². The molecule has 1 rings (SSSR count). The first-order chi connectivity index (χ1) is 6.50. The molecule has 0 saturated heterocycles. The Morgan fingerprint density at radius 1 is 1.21 bits per heavy atom. The van der Waals surface area contributed by atoms with Gasteiger partial charge in [-0.1, -0.05) is 18.2 Å². The lowest BCUT2D eigenvalue weighted by molar-refractivity contribution is -0.116. The summed E-state index contributed by atoms with van der Waals surface area (Å²) in [6, 6.07) is 5.53. The minimum absolute atomic E-state index is 0.0666. The van der Waals surface area contributed by atoms with Crippen LogP contribution in [-0.4, -0.2) is 11.6 Å². The number of hydrogen-bond acceptors (Lipinski definition) is 2. The van der Waals surface area contributed by atoms with Crippen LogP contribution < -0.4 is 0 Å². The van der Waals surface area contributed by atoms with Gasteiger partial charge in [-0.2, -0.15) is 0 Å². The van der Waals surface area contributed by atoms with Gasteiger partial charge in [-0.3, -0.25) is 9.59 Å². The summed E-state index contributed by atoms with van der Waals surface area (Å²) >= 11 is 0. The van der Waals surface area contributed by atoms with Crippen LogP contribution >= 0.6 is 0 Å². The van der Waals surface area contributed by atoms with E-state index < -0.39 is 0 Å². The van der Waals surface area contributed by atoms with E-state index in [1.165, 1.54) is 0 Å². The van der Waals surface area contributed by atoms with Gasteiger partial charge in [0.05, 0.1) is 0 Å². The molecule has 0 unspecified atom stereocenters. The molecule has 0 aliphatic heterocycles. The lowest BCUT2D eigenvalue weighted by Gasteiger charge is -2.04. The summed E-state index contributed by atoms with van der Waals surface area (Å²) in [6.07, 6.45) is 0.443. The summed E-state index contributed by atoms with van der Waals surface area (Å²) in [7, 11) is 0. The van der Waals surface area contributed by atoms with Gasteiger partial charge in [0.15, 0.2) is 5.78 Å². The average Bonchev–Trinajstić information content (AvgIpc) is 2.01. The second kappa shape index (κ2) is 4.18. The molecule has 0 aliphatic rings. The van der Waals surface area contributed by atoms with E-state index in [4.69, 9.17) is 0 Å². The Balaban J connectivity index is 3.00. The van der Waals surface area contributed by atoms with E-state index in [-0.39, 0.29) is 11.6 Å². The third-order valence-corrected chi connectivity index (χ3v) is 2.12. The van der Waals surface area contributed by atoms with E-state index in [1.54, 1.807) is 19.9 Å². The predicted octanol–water partition coefficient (Wildman–Crippen LogP) is 2.33. The zero-order valence-electron chi connectivity index (χ0n) is 8.76. The highest BCUT2D eigenvalue weighted by Gasteiger charge is 2.05. The Morgan fingerprint density at radius 2 is 1.86 bits per heavy atom. The zero-order valence-corrected chi connectivity index (χ0v) is 8.76. The predicted molar refractivity (Wildman–Crippen MR) is 55.6 cm³/mol. The molecule has 0 aromatic heterocycles. The second-order valence-corrected chi connectivity index (χ2v) is 3.58. The SMILES string of the molecule is CC(=O)Cc1ccc(C(C)=O)c(C)c1. The van der Waals surface area contributed by atoms with E-state index in [9.17, 15) is 9.59 Å². The standard InChI is InChI=1S/C12H14O2/c1-8-6-11(7-9(2)13)4-5-12(8)10(3)14/h4-6H,7H2,1-3H3. The molecule has 2 nitrogen and oxygen atoms in total. The van der Waals surface area contributed by atoms with Gasteiger partial charge < -0.3 is 0 Å². The molecule has 1 aromatic carbocycles. The van der Waals surface area contributed by atoms with Gasteiger partial charge in [0.2, 0.25) is 0 Å². The van der Waals surface area contributed by atoms with Crippen LogP contribution in [-0.2, 0) is 11.2 Å². The molecule has 0 radical (unpaired) electrons. The summed E-state index contributed by atoms with van der Waals surface area (Å²) in [6.45, 7) is 5.00. The quantitative estimate of drug-likeness (QED) is 0.685. The molecule has 0 spiro atoms. The zero-order chi connectivity index (χ0) is 10.7. The van der Waals surface area contributed by atoms with Gasteiger partial charge in [0.1, 0.15) is 5.78 Å². The molecular formula is C12H14O2. The fourth-order valence-corrected chi connectivity index (χ4v) is 1.52. The number of rotatable bonds is 3. The highest BCUT2D eigenvalue weighted by molar-refractivity contribution is 5.95. The van der Waals surface area contributed by atoms with Crippen LogP contribution in [0.3, 0.4) is 0 Å². The van der Waals surface area contributed by atoms with Gasteiger partial charge in [-0.15, -0.1) is 0 Å². The van der Waals surface area contributed by atoms with E-state index in [2.05, 4.69) is 0 Å². The molecule has 0 aliphatic carbocycles. The molecule has 0 saturated carbocycles. The van der Waals surface area contributed by atoms with Crippen LogP contribution in [0.1, 0.15) is 35.3 Å². The average molecular weight is 190 g/mol. The maximum Gasteiger partial charge on any atom is 0.160 e. The van der Waals surface area contributed by atoms with E-state index in [0.717, 1.165) is 16.7 Å². The van der Waals surface area contributed by atoms with Crippen molar-refractivity contribution in [1.82, 2.24) is 0 Å². The van der Waals surface area contributed by atoms with Crippen LogP contribution in [0.15, 0.2) is 18.2 Å². The number of aryl methyl sites for hydroxylation is 1. The smallest absolute Gasteiger partial charge is 0.160 e. The minimum Gasteiger partial charge on any atom is -0.300 e. The van der Waals surface area contributed by atoms with Crippen molar-refractivity contribution < 1.29 is 9.59 Å². The first-order valence-electron chi connectivity index (χ1n) is 4.60. The molecule has 0 bridgehead atoms. The number of Topliss-reactive ketones (excluding diaryl/α,β-unsaturated/α-hetero) is 2. The van der Waals surface area contributed by atoms with Crippen molar-refractivity contribution in [2.24, 2.45) is 0 Å². The van der Waals surface area contributed by atoms with Crippen molar-refractivity contribution in [3.05, 3.63) is 34.9 Å². The van der Waals surface area contributed by atoms with Crippen LogP contribution in [0, 0.1) is 6.92 Å². The monoisotopic (exact) mass is 190 g/mol. The molecule has 2 heteroatoms. The van der Waals surface area contributed by atoms with Crippen molar-refractivity contribution in [3.8, 4) is 0 Å². The maximum absolute atomic E-state index is 11.1. The number of ketones is 2. The Labute approximate surface area is 83.9 Å². The fraction of sp³-hybridized carbons (Fsp3) is 0.333. The topological polar surface area (TPSA) is 34.1 Å². The van der Waals surface area contributed by atoms with Crippen molar-refractivity contribution in [2.75, 3.05) is 0 Å². The molecule has 1 aromatic rings. The molecule has 0 amide bonds. The molecular weight excluding hydrogens is 176 g/mol. The first-order valence-corrected chi connectivity index (χ1v) is 4.60. The van der Waals surface area contributed by atoms with E-state index >= 15 is 0 Å². The molecule has 0 N–H and O–H groups in total. The first kappa shape index (κ1) is 10.6. The van der Waals surface area contributed by atoms with E-state index in [1.807, 2.05) is 19.1 Å². The molecule has 0 heterocycles. The van der Waals surface area contributed by atoms with E-state index in [0.29, 0.717) is 6.42 Å². The third-order valence-electron chi connectivity index (χ3n) is 2.12. The largest absolute Gasteiger partial charge is 0.300 e. The lowest BCUT2D eigenvalue weighted by atomic mass is 10.0. The summed E-state index contributed by atoms with van der Waals surface area (Å²) in [5, 5.41) is 0. The Hall–Kier alpha value is -1.44. The molecule has 0 fully saturated rings. The van der Waals surface area contributed by atoms with Crippen molar-refractivity contribution >= 4 is 11.6 Å². The molecule has 74 valence electrons. The summed E-state index contributed by atoms with van der Waals surface area (Å²) in [5.41, 5.74) is 2.65. The third kappa shape index (κ3) is 2.52. The normalized spacial score (nSPS) is 9.93. The van der Waals surface area contributed by atoms with Crippen molar-refractivity contribution in [1.29, 1.82) is 0 Å². The minimum atomic E-state index is 0.0666.